The normalized spacial score (nSPS) is 17.4. The minimum atomic E-state index is -0.111. The highest BCUT2D eigenvalue weighted by molar-refractivity contribution is 6.36. The van der Waals surface area contributed by atoms with Gasteiger partial charge in [0.25, 0.3) is 5.56 Å². The maximum Gasteiger partial charge on any atom is 0.277 e. The molecule has 0 radical (unpaired) electrons. The standard InChI is InChI=1S/C25H27Cl2N3O2/c1-4-20-23(29-22-17-10-8-7-9-15(17)13-21(22)32-6-3)25(31)30(5-2)24(28-20)18-12-11-16(26)14-19(18)27/h7-12,14,21-22,29H,4-6,13H2,1-3H3/t21-,22+/m0/s1. The van der Waals surface area contributed by atoms with Crippen molar-refractivity contribution in [2.75, 3.05) is 11.9 Å². The van der Waals surface area contributed by atoms with Crippen LogP contribution in [0.15, 0.2) is 47.3 Å². The van der Waals surface area contributed by atoms with Gasteiger partial charge in [0.05, 0.1) is 22.9 Å². The molecule has 3 aromatic rings. The Bertz CT molecular complexity index is 1190. The number of fused-ring (bicyclic) bond motifs is 1. The number of rotatable bonds is 7. The smallest absolute Gasteiger partial charge is 0.277 e. The highest BCUT2D eigenvalue weighted by Crippen LogP contribution is 2.36. The predicted octanol–water partition coefficient (Wildman–Crippen LogP) is 5.91. The fraction of sp³-hybridized carbons (Fsp3) is 0.360. The lowest BCUT2D eigenvalue weighted by atomic mass is 10.1. The van der Waals surface area contributed by atoms with Crippen LogP contribution in [0.25, 0.3) is 11.4 Å². The SMILES string of the molecule is CCO[C@H]1Cc2ccccc2[C@H]1Nc1c(CC)nc(-c2ccc(Cl)cc2Cl)n(CC)c1=O. The molecule has 32 heavy (non-hydrogen) atoms. The molecule has 2 atom stereocenters. The molecule has 1 heterocycles. The molecule has 5 nitrogen and oxygen atoms in total. The summed E-state index contributed by atoms with van der Waals surface area (Å²) in [7, 11) is 0. The number of hydrogen-bond acceptors (Lipinski definition) is 4. The second-order valence-corrected chi connectivity index (χ2v) is 8.65. The Kier molecular flexibility index (Phi) is 6.89. The minimum absolute atomic E-state index is 0.0398. The zero-order valence-electron chi connectivity index (χ0n) is 18.5. The fourth-order valence-electron chi connectivity index (χ4n) is 4.42. The van der Waals surface area contributed by atoms with Gasteiger partial charge in [0, 0.05) is 30.2 Å². The van der Waals surface area contributed by atoms with Gasteiger partial charge in [-0.2, -0.15) is 0 Å². The van der Waals surface area contributed by atoms with Crippen molar-refractivity contribution < 1.29 is 4.74 Å². The van der Waals surface area contributed by atoms with E-state index in [1.165, 1.54) is 11.1 Å². The number of aromatic nitrogens is 2. The molecule has 0 bridgehead atoms. The van der Waals surface area contributed by atoms with Gasteiger partial charge in [-0.15, -0.1) is 0 Å². The van der Waals surface area contributed by atoms with Crippen LogP contribution in [0.4, 0.5) is 5.69 Å². The Labute approximate surface area is 198 Å². The first kappa shape index (κ1) is 22.8. The number of ether oxygens (including phenoxy) is 1. The molecule has 0 amide bonds. The molecule has 2 aromatic carbocycles. The van der Waals surface area contributed by atoms with Crippen molar-refractivity contribution in [1.29, 1.82) is 0 Å². The number of anilines is 1. The van der Waals surface area contributed by atoms with Gasteiger partial charge in [0.1, 0.15) is 11.5 Å². The van der Waals surface area contributed by atoms with Crippen molar-refractivity contribution in [2.45, 2.75) is 52.3 Å². The highest BCUT2D eigenvalue weighted by atomic mass is 35.5. The van der Waals surface area contributed by atoms with E-state index in [0.717, 1.165) is 6.42 Å². The maximum atomic E-state index is 13.7. The first-order chi connectivity index (χ1) is 15.5. The van der Waals surface area contributed by atoms with E-state index in [4.69, 9.17) is 32.9 Å². The number of aryl methyl sites for hydroxylation is 1. The Hall–Kier alpha value is -2.34. The van der Waals surface area contributed by atoms with Crippen molar-refractivity contribution in [3.8, 4) is 11.4 Å². The van der Waals surface area contributed by atoms with Crippen LogP contribution < -0.4 is 10.9 Å². The monoisotopic (exact) mass is 471 g/mol. The number of halogens is 2. The summed E-state index contributed by atoms with van der Waals surface area (Å²) in [5, 5.41) is 4.53. The molecule has 0 saturated carbocycles. The van der Waals surface area contributed by atoms with Crippen molar-refractivity contribution in [2.24, 2.45) is 0 Å². The lowest BCUT2D eigenvalue weighted by Crippen LogP contribution is -2.32. The van der Waals surface area contributed by atoms with Gasteiger partial charge < -0.3 is 10.1 Å². The largest absolute Gasteiger partial charge is 0.376 e. The van der Waals surface area contributed by atoms with Crippen LogP contribution in [-0.4, -0.2) is 22.3 Å². The fourth-order valence-corrected chi connectivity index (χ4v) is 4.92. The summed E-state index contributed by atoms with van der Waals surface area (Å²) >= 11 is 12.5. The molecule has 1 N–H and O–H groups in total. The van der Waals surface area contributed by atoms with Gasteiger partial charge >= 0.3 is 0 Å². The maximum absolute atomic E-state index is 13.7. The Morgan fingerprint density at radius 2 is 1.94 bits per heavy atom. The second kappa shape index (κ2) is 9.65. The third kappa shape index (κ3) is 4.17. The summed E-state index contributed by atoms with van der Waals surface area (Å²) in [5.74, 6) is 0.551. The zero-order valence-corrected chi connectivity index (χ0v) is 20.0. The molecule has 1 aliphatic rings. The average Bonchev–Trinajstić information content (AvgIpc) is 3.12. The van der Waals surface area contributed by atoms with E-state index < -0.39 is 0 Å². The van der Waals surface area contributed by atoms with Gasteiger partial charge in [-0.05, 0) is 49.6 Å². The van der Waals surface area contributed by atoms with Crippen molar-refractivity contribution in [3.05, 3.63) is 79.7 Å². The third-order valence-electron chi connectivity index (χ3n) is 5.93. The lowest BCUT2D eigenvalue weighted by Gasteiger charge is -2.25. The first-order valence-electron chi connectivity index (χ1n) is 11.0. The quantitative estimate of drug-likeness (QED) is 0.464. The van der Waals surface area contributed by atoms with Gasteiger partial charge in [-0.3, -0.25) is 9.36 Å². The van der Waals surface area contributed by atoms with E-state index in [9.17, 15) is 4.79 Å². The van der Waals surface area contributed by atoms with Gasteiger partial charge in [-0.25, -0.2) is 4.98 Å². The second-order valence-electron chi connectivity index (χ2n) is 7.80. The van der Waals surface area contributed by atoms with Crippen molar-refractivity contribution >= 4 is 28.9 Å². The summed E-state index contributed by atoms with van der Waals surface area (Å²) < 4.78 is 7.70. The molecular weight excluding hydrogens is 445 g/mol. The summed E-state index contributed by atoms with van der Waals surface area (Å²) in [5.41, 5.74) is 4.22. The van der Waals surface area contributed by atoms with Crippen LogP contribution in [0.3, 0.4) is 0 Å². The molecule has 0 unspecified atom stereocenters. The van der Waals surface area contributed by atoms with Crippen LogP contribution >= 0.6 is 23.2 Å². The summed E-state index contributed by atoms with van der Waals surface area (Å²) in [6.07, 6.45) is 1.38. The van der Waals surface area contributed by atoms with E-state index in [0.29, 0.717) is 52.4 Å². The molecule has 7 heteroatoms. The molecule has 0 fully saturated rings. The van der Waals surface area contributed by atoms with Gasteiger partial charge in [0.15, 0.2) is 0 Å². The number of benzene rings is 2. The number of hydrogen-bond donors (Lipinski definition) is 1. The zero-order chi connectivity index (χ0) is 22.8. The molecule has 1 aliphatic carbocycles. The van der Waals surface area contributed by atoms with Crippen molar-refractivity contribution in [1.82, 2.24) is 9.55 Å². The number of nitrogens with one attached hydrogen (secondary N) is 1. The average molecular weight is 472 g/mol. The van der Waals surface area contributed by atoms with Crippen LogP contribution in [-0.2, 0) is 24.1 Å². The topological polar surface area (TPSA) is 56.1 Å². The molecule has 0 spiro atoms. The molecule has 4 rings (SSSR count). The third-order valence-corrected chi connectivity index (χ3v) is 6.48. The molecule has 168 valence electrons. The van der Waals surface area contributed by atoms with Crippen LogP contribution in [0.5, 0.6) is 0 Å². The predicted molar refractivity (Wildman–Crippen MR) is 131 cm³/mol. The van der Waals surface area contributed by atoms with Crippen LogP contribution in [0, 0.1) is 0 Å². The number of nitrogens with zero attached hydrogens (tertiary/aromatic N) is 2. The molecule has 0 saturated heterocycles. The summed E-state index contributed by atoms with van der Waals surface area (Å²) in [6.45, 7) is 7.00. The molecule has 1 aromatic heterocycles. The summed E-state index contributed by atoms with van der Waals surface area (Å²) in [4.78, 5) is 18.6. The minimum Gasteiger partial charge on any atom is -0.376 e. The van der Waals surface area contributed by atoms with Gasteiger partial charge in [-0.1, -0.05) is 54.4 Å². The van der Waals surface area contributed by atoms with E-state index in [1.54, 1.807) is 16.7 Å². The van der Waals surface area contributed by atoms with Crippen LogP contribution in [0.2, 0.25) is 10.0 Å². The van der Waals surface area contributed by atoms with E-state index in [-0.39, 0.29) is 17.7 Å². The highest BCUT2D eigenvalue weighted by Gasteiger charge is 2.34. The van der Waals surface area contributed by atoms with Crippen molar-refractivity contribution in [3.63, 3.8) is 0 Å². The van der Waals surface area contributed by atoms with Gasteiger partial charge in [0.2, 0.25) is 0 Å². The summed E-state index contributed by atoms with van der Waals surface area (Å²) in [6, 6.07) is 13.4. The van der Waals surface area contributed by atoms with E-state index >= 15 is 0 Å². The van der Waals surface area contributed by atoms with E-state index in [2.05, 4.69) is 17.4 Å². The Balaban J connectivity index is 1.82. The van der Waals surface area contributed by atoms with Crippen LogP contribution in [0.1, 0.15) is 43.6 Å². The first-order valence-corrected chi connectivity index (χ1v) is 11.8. The Morgan fingerprint density at radius 3 is 2.62 bits per heavy atom. The Morgan fingerprint density at radius 1 is 1.16 bits per heavy atom. The van der Waals surface area contributed by atoms with E-state index in [1.807, 2.05) is 39.0 Å². The molecular formula is C25H27Cl2N3O2. The molecule has 0 aliphatic heterocycles. The lowest BCUT2D eigenvalue weighted by molar-refractivity contribution is 0.0574.